The summed E-state index contributed by atoms with van der Waals surface area (Å²) in [5.74, 6) is 0.242. The number of nitrogens with one attached hydrogen (secondary N) is 5. The third kappa shape index (κ3) is 8.69. The molecule has 3 atom stereocenters. The highest BCUT2D eigenvalue weighted by Crippen LogP contribution is 2.43. The Kier molecular flexibility index (Phi) is 11.9. The van der Waals surface area contributed by atoms with E-state index in [-0.39, 0.29) is 47.7 Å². The van der Waals surface area contributed by atoms with Gasteiger partial charge >= 0.3 is 6.18 Å². The molecule has 0 spiro atoms. The number of benzene rings is 1. The number of methoxy groups -OCH3 is 2. The van der Waals surface area contributed by atoms with Crippen molar-refractivity contribution in [2.45, 2.75) is 82.3 Å². The van der Waals surface area contributed by atoms with Gasteiger partial charge in [0.15, 0.2) is 0 Å². The van der Waals surface area contributed by atoms with Crippen molar-refractivity contribution >= 4 is 29.2 Å². The lowest BCUT2D eigenvalue weighted by molar-refractivity contribution is -0.137. The number of fused-ring (bicyclic) bond motifs is 1. The molecule has 2 fully saturated rings. The van der Waals surface area contributed by atoms with Crippen molar-refractivity contribution in [1.82, 2.24) is 36.2 Å². The Bertz CT molecular complexity index is 2100. The first-order valence-corrected chi connectivity index (χ1v) is 19.1. The van der Waals surface area contributed by atoms with Crippen LogP contribution in [0, 0.1) is 0 Å². The molecule has 3 aromatic heterocycles. The molecule has 3 aliphatic rings. The van der Waals surface area contributed by atoms with Gasteiger partial charge in [-0.3, -0.25) is 14.6 Å². The van der Waals surface area contributed by atoms with Gasteiger partial charge in [0.25, 0.3) is 0 Å². The molecular formula is C40H44ClF3N8O4. The Morgan fingerprint density at radius 1 is 0.839 bits per heavy atom. The van der Waals surface area contributed by atoms with Crippen LogP contribution >= 0.6 is 11.6 Å². The number of nitrogens with zero attached hydrogens (tertiary/aromatic N) is 3. The first kappa shape index (κ1) is 39.3. The summed E-state index contributed by atoms with van der Waals surface area (Å²) in [6.45, 7) is 1.63. The maximum atomic E-state index is 14.6. The van der Waals surface area contributed by atoms with E-state index < -0.39 is 17.8 Å². The Hall–Kier alpha value is -4.99. The zero-order chi connectivity index (χ0) is 39.4. The number of halogens is 4. The van der Waals surface area contributed by atoms with Gasteiger partial charge in [-0.1, -0.05) is 35.9 Å². The van der Waals surface area contributed by atoms with Crippen molar-refractivity contribution in [1.29, 1.82) is 0 Å². The van der Waals surface area contributed by atoms with Crippen molar-refractivity contribution in [2.24, 2.45) is 0 Å². The lowest BCUT2D eigenvalue weighted by atomic mass is 9.83. The maximum absolute atomic E-state index is 14.6. The minimum absolute atomic E-state index is 0.0339. The summed E-state index contributed by atoms with van der Waals surface area (Å²) < 4.78 is 54.9. The smallest absolute Gasteiger partial charge is 0.419 e. The number of hydrogen-bond donors (Lipinski definition) is 5. The number of amides is 2. The third-order valence-corrected chi connectivity index (χ3v) is 10.9. The second-order valence-electron chi connectivity index (χ2n) is 14.3. The predicted molar refractivity (Wildman–Crippen MR) is 205 cm³/mol. The van der Waals surface area contributed by atoms with Crippen LogP contribution in [-0.2, 0) is 35.3 Å². The van der Waals surface area contributed by atoms with Crippen molar-refractivity contribution in [3.63, 3.8) is 0 Å². The van der Waals surface area contributed by atoms with Crippen molar-refractivity contribution in [3.8, 4) is 34.3 Å². The molecule has 2 saturated heterocycles. The average Bonchev–Trinajstić information content (AvgIpc) is 3.81. The number of pyridine rings is 3. The monoisotopic (exact) mass is 792 g/mol. The SMILES string of the molecule is COc1nc(-c2ccnc(-c3cccc4c3CCC[C@@H]4Nc3nc(OC)c(CNC[C@H]4CCC(=O)N4)cc3C(F)(F)F)c2Cl)ccc1CNC[C@H]1CCC(=O)N1. The molecule has 1 aromatic carbocycles. The molecule has 4 aromatic rings. The topological polar surface area (TPSA) is 151 Å². The summed E-state index contributed by atoms with van der Waals surface area (Å²) in [4.78, 5) is 36.9. The van der Waals surface area contributed by atoms with E-state index in [2.05, 4.69) is 36.6 Å². The first-order valence-electron chi connectivity index (χ1n) is 18.7. The molecule has 5 N–H and O–H groups in total. The highest BCUT2D eigenvalue weighted by Gasteiger charge is 2.37. The fourth-order valence-electron chi connectivity index (χ4n) is 7.74. The third-order valence-electron chi connectivity index (χ3n) is 10.5. The lowest BCUT2D eigenvalue weighted by Crippen LogP contribution is -2.35. The number of carbonyl (C=O) groups excluding carboxylic acids is 2. The van der Waals surface area contributed by atoms with Crippen LogP contribution in [0.2, 0.25) is 5.02 Å². The molecule has 12 nitrogen and oxygen atoms in total. The van der Waals surface area contributed by atoms with Gasteiger partial charge in [0.2, 0.25) is 23.6 Å². The van der Waals surface area contributed by atoms with Crippen LogP contribution in [0.25, 0.3) is 22.5 Å². The lowest BCUT2D eigenvalue weighted by Gasteiger charge is -2.30. The Balaban J connectivity index is 1.12. The van der Waals surface area contributed by atoms with Gasteiger partial charge in [-0.25, -0.2) is 4.98 Å². The Morgan fingerprint density at radius 3 is 2.16 bits per heavy atom. The van der Waals surface area contributed by atoms with Crippen LogP contribution in [0.4, 0.5) is 19.0 Å². The number of anilines is 1. The average molecular weight is 793 g/mol. The highest BCUT2D eigenvalue weighted by molar-refractivity contribution is 6.35. The van der Waals surface area contributed by atoms with E-state index in [0.717, 1.165) is 34.7 Å². The van der Waals surface area contributed by atoms with Crippen LogP contribution in [0.5, 0.6) is 11.8 Å². The fraction of sp³-hybridized carbons (Fsp3) is 0.425. The standard InChI is InChI=1S/C40H44ClF3N8O4/c1-55-38-22(18-45-20-24-10-13-33(53)48-24)9-12-32(51-38)29-15-16-47-36(35(29)41)28-7-3-6-27-26(28)5-4-8-31(27)50-37-30(40(42,43)44)17-23(39(52-37)56-2)19-46-21-25-11-14-34(54)49-25/h3,6-7,9,12,15-17,24-25,31,45-46H,4-5,8,10-11,13-14,18-21H2,1-2H3,(H,48,53)(H,49,54)(H,50,52)/t24-,25-,31+/m1/s1. The predicted octanol–water partition coefficient (Wildman–Crippen LogP) is 6.12. The van der Waals surface area contributed by atoms with Crippen molar-refractivity contribution in [3.05, 3.63) is 81.5 Å². The van der Waals surface area contributed by atoms with E-state index in [1.54, 1.807) is 19.4 Å². The zero-order valence-electron chi connectivity index (χ0n) is 31.1. The quantitative estimate of drug-likeness (QED) is 0.101. The molecular weight excluding hydrogens is 749 g/mol. The molecule has 0 bridgehead atoms. The number of hydrogen-bond acceptors (Lipinski definition) is 10. The second kappa shape index (κ2) is 17.0. The van der Waals surface area contributed by atoms with Crippen molar-refractivity contribution in [2.75, 3.05) is 32.6 Å². The summed E-state index contributed by atoms with van der Waals surface area (Å²) in [7, 11) is 2.94. The summed E-state index contributed by atoms with van der Waals surface area (Å²) in [6, 6.07) is 11.9. The largest absolute Gasteiger partial charge is 0.481 e. The molecule has 0 radical (unpaired) electrons. The van der Waals surface area contributed by atoms with E-state index in [0.29, 0.717) is 86.0 Å². The molecule has 16 heteroatoms. The van der Waals surface area contributed by atoms with E-state index in [4.69, 9.17) is 26.1 Å². The summed E-state index contributed by atoms with van der Waals surface area (Å²) in [6.07, 6.45) is 1.38. The molecule has 56 heavy (non-hydrogen) atoms. The summed E-state index contributed by atoms with van der Waals surface area (Å²) >= 11 is 7.11. The van der Waals surface area contributed by atoms with Gasteiger partial charge in [-0.15, -0.1) is 0 Å². The number of carbonyl (C=O) groups is 2. The molecule has 2 amide bonds. The zero-order valence-corrected chi connectivity index (χ0v) is 31.9. The van der Waals surface area contributed by atoms with Crippen LogP contribution in [0.15, 0.2) is 48.7 Å². The second-order valence-corrected chi connectivity index (χ2v) is 14.6. The van der Waals surface area contributed by atoms with Crippen LogP contribution in [0.3, 0.4) is 0 Å². The van der Waals surface area contributed by atoms with Gasteiger partial charge in [0, 0.05) is 79.6 Å². The number of aromatic nitrogens is 3. The molecule has 5 heterocycles. The minimum atomic E-state index is -4.69. The molecule has 2 aliphatic heterocycles. The fourth-order valence-corrected chi connectivity index (χ4v) is 8.05. The Labute approximate surface area is 327 Å². The van der Waals surface area contributed by atoms with Crippen molar-refractivity contribution < 1.29 is 32.2 Å². The molecule has 0 saturated carbocycles. The maximum Gasteiger partial charge on any atom is 0.419 e. The number of rotatable bonds is 14. The number of alkyl halides is 3. The normalized spacial score (nSPS) is 19.4. The van der Waals surface area contributed by atoms with Crippen LogP contribution in [0.1, 0.15) is 72.4 Å². The molecule has 1 aliphatic carbocycles. The molecule has 0 unspecified atom stereocenters. The van der Waals surface area contributed by atoms with E-state index >= 15 is 0 Å². The van der Waals surface area contributed by atoms with Gasteiger partial charge in [-0.2, -0.15) is 18.2 Å². The first-order chi connectivity index (χ1) is 27.0. The van der Waals surface area contributed by atoms with Crippen LogP contribution in [-0.4, -0.2) is 66.2 Å². The van der Waals surface area contributed by atoms with Crippen LogP contribution < -0.4 is 36.1 Å². The van der Waals surface area contributed by atoms with E-state index in [1.807, 2.05) is 30.3 Å². The highest BCUT2D eigenvalue weighted by atomic mass is 35.5. The van der Waals surface area contributed by atoms with Gasteiger partial charge in [0.1, 0.15) is 5.82 Å². The minimum Gasteiger partial charge on any atom is -0.481 e. The van der Waals surface area contributed by atoms with E-state index in [1.165, 1.54) is 7.11 Å². The summed E-state index contributed by atoms with van der Waals surface area (Å²) in [5.41, 5.74) is 4.57. The van der Waals surface area contributed by atoms with Gasteiger partial charge < -0.3 is 36.1 Å². The van der Waals surface area contributed by atoms with Gasteiger partial charge in [0.05, 0.1) is 42.2 Å². The van der Waals surface area contributed by atoms with Gasteiger partial charge in [-0.05, 0) is 61.4 Å². The summed E-state index contributed by atoms with van der Waals surface area (Å²) in [5, 5.41) is 15.8. The van der Waals surface area contributed by atoms with E-state index in [9.17, 15) is 22.8 Å². The Morgan fingerprint density at radius 2 is 1.52 bits per heavy atom. The molecule has 7 rings (SSSR count). The number of ether oxygens (including phenoxy) is 2. The molecule has 296 valence electrons.